The van der Waals surface area contributed by atoms with Crippen LogP contribution >= 0.6 is 0 Å². The fourth-order valence-electron chi connectivity index (χ4n) is 2.51. The molecule has 0 bridgehead atoms. The lowest BCUT2D eigenvalue weighted by atomic mass is 9.78. The van der Waals surface area contributed by atoms with Crippen molar-refractivity contribution in [3.8, 4) is 0 Å². The van der Waals surface area contributed by atoms with Crippen LogP contribution in [0.1, 0.15) is 24.2 Å². The van der Waals surface area contributed by atoms with E-state index in [1.165, 1.54) is 0 Å². The molecule has 1 aromatic rings. The van der Waals surface area contributed by atoms with Gasteiger partial charge in [-0.25, -0.2) is 0 Å². The SMILES string of the molecule is Cc1cc(CC(CN)(C(=O)O)C2CC2)n(C)n1. The highest BCUT2D eigenvalue weighted by molar-refractivity contribution is 5.76. The second-order valence-electron chi connectivity index (χ2n) is 5.02. The van der Waals surface area contributed by atoms with Crippen LogP contribution in [0.25, 0.3) is 0 Å². The number of hydrogen-bond donors (Lipinski definition) is 2. The van der Waals surface area contributed by atoms with Crippen molar-refractivity contribution in [2.45, 2.75) is 26.2 Å². The summed E-state index contributed by atoms with van der Waals surface area (Å²) in [5.74, 6) is -0.554. The molecule has 1 aromatic heterocycles. The van der Waals surface area contributed by atoms with Gasteiger partial charge < -0.3 is 10.8 Å². The first kappa shape index (κ1) is 12.1. The fourth-order valence-corrected chi connectivity index (χ4v) is 2.51. The number of aliphatic carboxylic acids is 1. The first-order chi connectivity index (χ1) is 7.99. The Kier molecular flexibility index (Phi) is 2.95. The zero-order chi connectivity index (χ0) is 12.6. The number of aromatic nitrogens is 2. The van der Waals surface area contributed by atoms with E-state index in [0.29, 0.717) is 6.42 Å². The van der Waals surface area contributed by atoms with Gasteiger partial charge in [0.15, 0.2) is 0 Å². The van der Waals surface area contributed by atoms with Crippen LogP contribution in [0, 0.1) is 18.3 Å². The van der Waals surface area contributed by atoms with E-state index in [1.807, 2.05) is 20.0 Å². The zero-order valence-electron chi connectivity index (χ0n) is 10.3. The summed E-state index contributed by atoms with van der Waals surface area (Å²) >= 11 is 0. The van der Waals surface area contributed by atoms with Gasteiger partial charge >= 0.3 is 5.97 Å². The molecule has 0 spiro atoms. The Morgan fingerprint density at radius 3 is 2.71 bits per heavy atom. The van der Waals surface area contributed by atoms with Crippen LogP contribution in [-0.2, 0) is 18.3 Å². The molecule has 5 heteroatoms. The molecular weight excluding hydrogens is 218 g/mol. The van der Waals surface area contributed by atoms with Crippen LogP contribution in [0.2, 0.25) is 0 Å². The Morgan fingerprint density at radius 2 is 2.35 bits per heavy atom. The van der Waals surface area contributed by atoms with Gasteiger partial charge in [-0.3, -0.25) is 9.48 Å². The molecule has 0 aliphatic heterocycles. The molecule has 5 nitrogen and oxygen atoms in total. The molecule has 0 aromatic carbocycles. The number of nitrogens with zero attached hydrogens (tertiary/aromatic N) is 2. The third-order valence-electron chi connectivity index (χ3n) is 3.74. The second-order valence-corrected chi connectivity index (χ2v) is 5.02. The molecular formula is C12H19N3O2. The molecule has 0 saturated heterocycles. The number of rotatable bonds is 5. The van der Waals surface area contributed by atoms with E-state index in [0.717, 1.165) is 24.2 Å². The molecule has 3 N–H and O–H groups in total. The molecule has 0 radical (unpaired) electrons. The molecule has 1 unspecified atom stereocenters. The predicted octanol–water partition coefficient (Wildman–Crippen LogP) is 0.711. The maximum absolute atomic E-state index is 11.5. The minimum Gasteiger partial charge on any atom is -0.481 e. The Bertz CT molecular complexity index is 437. The standard InChI is InChI=1S/C12H19N3O2/c1-8-5-10(15(2)14-8)6-12(7-13,11(16)17)9-3-4-9/h5,9H,3-4,6-7,13H2,1-2H3,(H,16,17). The van der Waals surface area contributed by atoms with Crippen molar-refractivity contribution >= 4 is 5.97 Å². The van der Waals surface area contributed by atoms with Gasteiger partial charge in [-0.15, -0.1) is 0 Å². The average molecular weight is 237 g/mol. The summed E-state index contributed by atoms with van der Waals surface area (Å²) in [6, 6.07) is 1.94. The topological polar surface area (TPSA) is 81.1 Å². The first-order valence-corrected chi connectivity index (χ1v) is 5.92. The van der Waals surface area contributed by atoms with Crippen molar-refractivity contribution in [3.05, 3.63) is 17.5 Å². The number of aryl methyl sites for hydroxylation is 2. The molecule has 0 amide bonds. The Balaban J connectivity index is 2.29. The quantitative estimate of drug-likeness (QED) is 0.790. The molecule has 1 fully saturated rings. The zero-order valence-corrected chi connectivity index (χ0v) is 10.3. The summed E-state index contributed by atoms with van der Waals surface area (Å²) in [6.07, 6.45) is 2.42. The largest absolute Gasteiger partial charge is 0.481 e. The van der Waals surface area contributed by atoms with Crippen molar-refractivity contribution in [2.75, 3.05) is 6.54 Å². The predicted molar refractivity (Wildman–Crippen MR) is 63.5 cm³/mol. The van der Waals surface area contributed by atoms with E-state index in [9.17, 15) is 9.90 Å². The summed E-state index contributed by atoms with van der Waals surface area (Å²) in [4.78, 5) is 11.5. The monoisotopic (exact) mass is 237 g/mol. The van der Waals surface area contributed by atoms with Crippen LogP contribution in [-0.4, -0.2) is 27.4 Å². The van der Waals surface area contributed by atoms with Crippen LogP contribution in [0.5, 0.6) is 0 Å². The van der Waals surface area contributed by atoms with E-state index in [-0.39, 0.29) is 12.5 Å². The van der Waals surface area contributed by atoms with Crippen LogP contribution < -0.4 is 5.73 Å². The van der Waals surface area contributed by atoms with Gasteiger partial charge in [0.1, 0.15) is 0 Å². The van der Waals surface area contributed by atoms with Gasteiger partial charge in [0.05, 0.1) is 11.1 Å². The highest BCUT2D eigenvalue weighted by Crippen LogP contribution is 2.47. The Morgan fingerprint density at radius 1 is 1.71 bits per heavy atom. The molecule has 1 saturated carbocycles. The van der Waals surface area contributed by atoms with E-state index in [2.05, 4.69) is 5.10 Å². The molecule has 2 rings (SSSR count). The normalized spacial score (nSPS) is 19.0. The number of nitrogens with two attached hydrogens (primary N) is 1. The highest BCUT2D eigenvalue weighted by atomic mass is 16.4. The smallest absolute Gasteiger partial charge is 0.311 e. The molecule has 1 atom stereocenters. The number of carboxylic acid groups (broad SMARTS) is 1. The lowest BCUT2D eigenvalue weighted by Gasteiger charge is -2.27. The first-order valence-electron chi connectivity index (χ1n) is 5.92. The van der Waals surface area contributed by atoms with Gasteiger partial charge in [-0.1, -0.05) is 0 Å². The van der Waals surface area contributed by atoms with E-state index >= 15 is 0 Å². The highest BCUT2D eigenvalue weighted by Gasteiger charge is 2.50. The lowest BCUT2D eigenvalue weighted by Crippen LogP contribution is -2.43. The summed E-state index contributed by atoms with van der Waals surface area (Å²) in [5.41, 5.74) is 6.80. The molecule has 17 heavy (non-hydrogen) atoms. The maximum Gasteiger partial charge on any atom is 0.311 e. The van der Waals surface area contributed by atoms with Crippen LogP contribution in [0.15, 0.2) is 6.07 Å². The van der Waals surface area contributed by atoms with E-state index in [4.69, 9.17) is 5.73 Å². The van der Waals surface area contributed by atoms with Gasteiger partial charge in [0.2, 0.25) is 0 Å². The van der Waals surface area contributed by atoms with Crippen molar-refractivity contribution in [1.82, 2.24) is 9.78 Å². The van der Waals surface area contributed by atoms with Gasteiger partial charge in [0.25, 0.3) is 0 Å². The average Bonchev–Trinajstić information content (AvgIpc) is 3.03. The summed E-state index contributed by atoms with van der Waals surface area (Å²) in [6.45, 7) is 2.10. The van der Waals surface area contributed by atoms with Gasteiger partial charge in [-0.05, 0) is 31.7 Å². The van der Waals surface area contributed by atoms with Crippen molar-refractivity contribution in [3.63, 3.8) is 0 Å². The molecule has 1 aliphatic carbocycles. The summed E-state index contributed by atoms with van der Waals surface area (Å²) < 4.78 is 1.76. The van der Waals surface area contributed by atoms with E-state index < -0.39 is 11.4 Å². The van der Waals surface area contributed by atoms with Crippen molar-refractivity contribution in [2.24, 2.45) is 24.1 Å². The third kappa shape index (κ3) is 2.07. The fraction of sp³-hybridized carbons (Fsp3) is 0.667. The number of carbonyl (C=O) groups is 1. The van der Waals surface area contributed by atoms with Crippen LogP contribution in [0.4, 0.5) is 0 Å². The minimum absolute atomic E-state index is 0.192. The van der Waals surface area contributed by atoms with Crippen molar-refractivity contribution in [1.29, 1.82) is 0 Å². The van der Waals surface area contributed by atoms with Crippen LogP contribution in [0.3, 0.4) is 0 Å². The third-order valence-corrected chi connectivity index (χ3v) is 3.74. The van der Waals surface area contributed by atoms with Gasteiger partial charge in [0, 0.05) is 25.7 Å². The Labute approximate surface area is 101 Å². The maximum atomic E-state index is 11.5. The second kappa shape index (κ2) is 4.14. The number of carboxylic acids is 1. The molecule has 1 heterocycles. The molecule has 94 valence electrons. The van der Waals surface area contributed by atoms with Crippen molar-refractivity contribution < 1.29 is 9.90 Å². The Hall–Kier alpha value is -1.36. The lowest BCUT2D eigenvalue weighted by molar-refractivity contribution is -0.149. The summed E-state index contributed by atoms with van der Waals surface area (Å²) in [5, 5.41) is 13.7. The van der Waals surface area contributed by atoms with Gasteiger partial charge in [-0.2, -0.15) is 5.10 Å². The number of hydrogen-bond acceptors (Lipinski definition) is 3. The molecule has 1 aliphatic rings. The van der Waals surface area contributed by atoms with E-state index in [1.54, 1.807) is 4.68 Å². The summed E-state index contributed by atoms with van der Waals surface area (Å²) in [7, 11) is 1.85. The minimum atomic E-state index is -0.805.